The van der Waals surface area contributed by atoms with Crippen LogP contribution in [0.4, 0.5) is 0 Å². The summed E-state index contributed by atoms with van der Waals surface area (Å²) in [5, 5.41) is 3.38. The van der Waals surface area contributed by atoms with Gasteiger partial charge in [-0.15, -0.1) is 0 Å². The molecule has 4 heteroatoms. The maximum absolute atomic E-state index is 5.50. The molecule has 0 bridgehead atoms. The van der Waals surface area contributed by atoms with E-state index in [1.165, 1.54) is 5.69 Å². The number of aromatic nitrogens is 2. The van der Waals surface area contributed by atoms with Gasteiger partial charge in [0.1, 0.15) is 0 Å². The van der Waals surface area contributed by atoms with Crippen molar-refractivity contribution in [1.82, 2.24) is 14.9 Å². The van der Waals surface area contributed by atoms with Crippen molar-refractivity contribution in [2.75, 3.05) is 19.8 Å². The van der Waals surface area contributed by atoms with Gasteiger partial charge in [-0.25, -0.2) is 4.98 Å². The van der Waals surface area contributed by atoms with Crippen molar-refractivity contribution >= 4 is 0 Å². The molecule has 0 saturated carbocycles. The Balaban J connectivity index is 1.94. The van der Waals surface area contributed by atoms with Crippen LogP contribution in [-0.2, 0) is 18.3 Å². The third-order valence-electron chi connectivity index (χ3n) is 2.32. The number of imidazole rings is 1. The molecule has 1 aromatic rings. The van der Waals surface area contributed by atoms with E-state index in [9.17, 15) is 0 Å². The van der Waals surface area contributed by atoms with Crippen LogP contribution in [0.3, 0.4) is 0 Å². The van der Waals surface area contributed by atoms with Crippen LogP contribution < -0.4 is 5.32 Å². The SMILES string of the molecule is CC(C)COCCCNCc1cncn1C. The van der Waals surface area contributed by atoms with E-state index in [2.05, 4.69) is 24.1 Å². The Morgan fingerprint density at radius 3 is 2.94 bits per heavy atom. The summed E-state index contributed by atoms with van der Waals surface area (Å²) >= 11 is 0. The van der Waals surface area contributed by atoms with Gasteiger partial charge in [0.2, 0.25) is 0 Å². The fourth-order valence-electron chi connectivity index (χ4n) is 1.39. The average Bonchev–Trinajstić information content (AvgIpc) is 2.62. The molecule has 0 fully saturated rings. The largest absolute Gasteiger partial charge is 0.381 e. The van der Waals surface area contributed by atoms with E-state index in [1.807, 2.05) is 24.1 Å². The first-order valence-electron chi connectivity index (χ1n) is 5.94. The zero-order valence-electron chi connectivity index (χ0n) is 10.6. The van der Waals surface area contributed by atoms with Gasteiger partial charge in [0.15, 0.2) is 0 Å². The average molecular weight is 225 g/mol. The lowest BCUT2D eigenvalue weighted by molar-refractivity contribution is 0.108. The van der Waals surface area contributed by atoms with Crippen molar-refractivity contribution < 1.29 is 4.74 Å². The summed E-state index contributed by atoms with van der Waals surface area (Å²) in [7, 11) is 2.01. The summed E-state index contributed by atoms with van der Waals surface area (Å²) in [4.78, 5) is 4.07. The molecule has 0 atom stereocenters. The second kappa shape index (κ2) is 7.41. The minimum absolute atomic E-state index is 0.627. The molecule has 0 unspecified atom stereocenters. The quantitative estimate of drug-likeness (QED) is 0.683. The maximum Gasteiger partial charge on any atom is 0.0945 e. The van der Waals surface area contributed by atoms with E-state index in [1.54, 1.807) is 0 Å². The van der Waals surface area contributed by atoms with Crippen molar-refractivity contribution in [2.45, 2.75) is 26.8 Å². The molecule has 0 spiro atoms. The lowest BCUT2D eigenvalue weighted by Crippen LogP contribution is -2.18. The van der Waals surface area contributed by atoms with Gasteiger partial charge in [-0.2, -0.15) is 0 Å². The summed E-state index contributed by atoms with van der Waals surface area (Å²) in [6.07, 6.45) is 4.77. The van der Waals surface area contributed by atoms with Crippen LogP contribution in [0.5, 0.6) is 0 Å². The molecule has 0 radical (unpaired) electrons. The summed E-state index contributed by atoms with van der Waals surface area (Å²) in [6.45, 7) is 7.91. The highest BCUT2D eigenvalue weighted by molar-refractivity contribution is 4.96. The Bertz CT molecular complexity index is 284. The fraction of sp³-hybridized carbons (Fsp3) is 0.750. The van der Waals surface area contributed by atoms with Crippen LogP contribution in [0.25, 0.3) is 0 Å². The van der Waals surface area contributed by atoms with Crippen LogP contribution in [0.2, 0.25) is 0 Å². The maximum atomic E-state index is 5.50. The molecule has 16 heavy (non-hydrogen) atoms. The van der Waals surface area contributed by atoms with Crippen LogP contribution >= 0.6 is 0 Å². The number of rotatable bonds is 8. The van der Waals surface area contributed by atoms with Crippen molar-refractivity contribution in [1.29, 1.82) is 0 Å². The number of hydrogen-bond acceptors (Lipinski definition) is 3. The zero-order valence-corrected chi connectivity index (χ0v) is 10.6. The number of ether oxygens (including phenoxy) is 1. The monoisotopic (exact) mass is 225 g/mol. The van der Waals surface area contributed by atoms with Crippen molar-refractivity contribution in [3.05, 3.63) is 18.2 Å². The molecule has 92 valence electrons. The topological polar surface area (TPSA) is 39.1 Å². The number of aryl methyl sites for hydroxylation is 1. The molecule has 0 aliphatic rings. The third kappa shape index (κ3) is 5.28. The van der Waals surface area contributed by atoms with Gasteiger partial charge >= 0.3 is 0 Å². The second-order valence-electron chi connectivity index (χ2n) is 4.49. The fourth-order valence-corrected chi connectivity index (χ4v) is 1.39. The molecule has 4 nitrogen and oxygen atoms in total. The van der Waals surface area contributed by atoms with Gasteiger partial charge in [-0.1, -0.05) is 13.8 Å². The lowest BCUT2D eigenvalue weighted by Gasteiger charge is -2.07. The Kier molecular flexibility index (Phi) is 6.11. The minimum atomic E-state index is 0.627. The Morgan fingerprint density at radius 2 is 2.31 bits per heavy atom. The lowest BCUT2D eigenvalue weighted by atomic mass is 10.2. The molecular formula is C12H23N3O. The predicted octanol–water partition coefficient (Wildman–Crippen LogP) is 1.57. The second-order valence-corrected chi connectivity index (χ2v) is 4.49. The van der Waals surface area contributed by atoms with Crippen molar-refractivity contribution in [3.8, 4) is 0 Å². The molecule has 0 aliphatic heterocycles. The van der Waals surface area contributed by atoms with Gasteiger partial charge in [0.05, 0.1) is 12.0 Å². The van der Waals surface area contributed by atoms with E-state index in [-0.39, 0.29) is 0 Å². The smallest absolute Gasteiger partial charge is 0.0945 e. The van der Waals surface area contributed by atoms with Crippen LogP contribution in [0, 0.1) is 5.92 Å². The summed E-state index contributed by atoms with van der Waals surface area (Å²) < 4.78 is 7.53. The molecule has 1 N–H and O–H groups in total. The summed E-state index contributed by atoms with van der Waals surface area (Å²) in [5.74, 6) is 0.627. The first-order valence-corrected chi connectivity index (χ1v) is 5.94. The molecule has 1 heterocycles. The van der Waals surface area contributed by atoms with Crippen LogP contribution in [0.1, 0.15) is 26.0 Å². The normalized spacial score (nSPS) is 11.2. The summed E-state index contributed by atoms with van der Waals surface area (Å²) in [6, 6.07) is 0. The van der Waals surface area contributed by atoms with Gasteiger partial charge in [0, 0.05) is 33.0 Å². The molecule has 1 rings (SSSR count). The van der Waals surface area contributed by atoms with Crippen molar-refractivity contribution in [2.24, 2.45) is 13.0 Å². The number of hydrogen-bond donors (Lipinski definition) is 1. The van der Waals surface area contributed by atoms with E-state index in [0.717, 1.165) is 32.7 Å². The molecule has 0 aliphatic carbocycles. The Hall–Kier alpha value is -0.870. The van der Waals surface area contributed by atoms with Gasteiger partial charge in [0.25, 0.3) is 0 Å². The van der Waals surface area contributed by atoms with Gasteiger partial charge < -0.3 is 14.6 Å². The predicted molar refractivity (Wildman–Crippen MR) is 65.2 cm³/mol. The van der Waals surface area contributed by atoms with E-state index >= 15 is 0 Å². The highest BCUT2D eigenvalue weighted by Gasteiger charge is 1.97. The van der Waals surface area contributed by atoms with Crippen LogP contribution in [0.15, 0.2) is 12.5 Å². The van der Waals surface area contributed by atoms with Crippen molar-refractivity contribution in [3.63, 3.8) is 0 Å². The molecule has 0 saturated heterocycles. The number of nitrogens with zero attached hydrogens (tertiary/aromatic N) is 2. The first kappa shape index (κ1) is 13.2. The molecular weight excluding hydrogens is 202 g/mol. The first-order chi connectivity index (χ1) is 7.70. The molecule has 0 aromatic carbocycles. The molecule has 0 amide bonds. The standard InChI is InChI=1S/C12H23N3O/c1-11(2)9-16-6-4-5-13-7-12-8-14-10-15(12)3/h8,10-11,13H,4-7,9H2,1-3H3. The van der Waals surface area contributed by atoms with E-state index in [0.29, 0.717) is 5.92 Å². The molecule has 1 aromatic heterocycles. The van der Waals surface area contributed by atoms with Gasteiger partial charge in [-0.3, -0.25) is 0 Å². The number of nitrogens with one attached hydrogen (secondary N) is 1. The Morgan fingerprint density at radius 1 is 1.50 bits per heavy atom. The zero-order chi connectivity index (χ0) is 11.8. The van der Waals surface area contributed by atoms with Gasteiger partial charge in [-0.05, 0) is 18.9 Å². The third-order valence-corrected chi connectivity index (χ3v) is 2.32. The highest BCUT2D eigenvalue weighted by Crippen LogP contribution is 1.95. The van der Waals surface area contributed by atoms with E-state index in [4.69, 9.17) is 4.74 Å². The Labute approximate surface area is 98.0 Å². The van der Waals surface area contributed by atoms with E-state index < -0.39 is 0 Å². The minimum Gasteiger partial charge on any atom is -0.381 e. The summed E-state index contributed by atoms with van der Waals surface area (Å²) in [5.41, 5.74) is 1.21. The van der Waals surface area contributed by atoms with Crippen LogP contribution in [-0.4, -0.2) is 29.3 Å². The highest BCUT2D eigenvalue weighted by atomic mass is 16.5.